The van der Waals surface area contributed by atoms with Crippen LogP contribution in [-0.4, -0.2) is 62.7 Å². The monoisotopic (exact) mass is 409 g/mol. The van der Waals surface area contributed by atoms with Crippen molar-refractivity contribution in [2.75, 3.05) is 31.0 Å². The Labute approximate surface area is 163 Å². The summed E-state index contributed by atoms with van der Waals surface area (Å²) < 4.78 is 33.9. The fraction of sp³-hybridized carbons (Fsp3) is 0.500. The van der Waals surface area contributed by atoms with Crippen molar-refractivity contribution in [1.82, 2.24) is 5.01 Å². The number of hydrazone groups is 1. The molecule has 152 valence electrons. The lowest BCUT2D eigenvalue weighted by Crippen LogP contribution is -2.42. The lowest BCUT2D eigenvalue weighted by molar-refractivity contribution is -0.133. The van der Waals surface area contributed by atoms with E-state index in [1.54, 1.807) is 12.1 Å². The van der Waals surface area contributed by atoms with E-state index >= 15 is 0 Å². The van der Waals surface area contributed by atoms with Crippen LogP contribution in [0.5, 0.6) is 11.5 Å². The molecule has 0 aliphatic carbocycles. The molecule has 2 aliphatic heterocycles. The Bertz CT molecular complexity index is 941. The number of hydrogen-bond donors (Lipinski definition) is 1. The normalized spacial score (nSPS) is 21.2. The van der Waals surface area contributed by atoms with Crippen molar-refractivity contribution in [3.8, 4) is 11.5 Å². The van der Waals surface area contributed by atoms with Crippen molar-refractivity contribution in [3.05, 3.63) is 17.7 Å². The van der Waals surface area contributed by atoms with Crippen LogP contribution >= 0.6 is 0 Å². The van der Waals surface area contributed by atoms with Crippen LogP contribution in [0.4, 0.5) is 5.69 Å². The molecular weight excluding hydrogens is 386 g/mol. The fourth-order valence-corrected chi connectivity index (χ4v) is 4.99. The molecule has 3 rings (SSSR count). The third-order valence-electron chi connectivity index (χ3n) is 4.85. The summed E-state index contributed by atoms with van der Waals surface area (Å²) in [7, 11) is -0.132. The second-order valence-corrected chi connectivity index (χ2v) is 9.05. The molecule has 0 unspecified atom stereocenters. The van der Waals surface area contributed by atoms with E-state index in [1.807, 2.05) is 6.92 Å². The quantitative estimate of drug-likeness (QED) is 0.779. The van der Waals surface area contributed by atoms with E-state index in [1.165, 1.54) is 19.2 Å². The average Bonchev–Trinajstić information content (AvgIpc) is 3.02. The van der Waals surface area contributed by atoms with Gasteiger partial charge in [-0.05, 0) is 25.0 Å². The second kappa shape index (κ2) is 7.78. The standard InChI is InChI=1S/C18H23N3O6S/c1-11-8-15(26-2)16(27-3)9-14(11)19-18(23)13-4-5-17(22)21(20-13)12-6-7-28(24,25)10-12/h8-9,12H,4-7,10H2,1-3H3,(H,19,23)/t12-/m1/s1. The van der Waals surface area contributed by atoms with Crippen LogP contribution in [0.15, 0.2) is 17.2 Å². The maximum absolute atomic E-state index is 12.7. The van der Waals surface area contributed by atoms with Gasteiger partial charge in [-0.1, -0.05) is 0 Å². The van der Waals surface area contributed by atoms with Crippen LogP contribution < -0.4 is 14.8 Å². The Hall–Kier alpha value is -2.62. The first-order valence-corrected chi connectivity index (χ1v) is 10.7. The number of sulfone groups is 1. The van der Waals surface area contributed by atoms with E-state index in [4.69, 9.17) is 9.47 Å². The van der Waals surface area contributed by atoms with Gasteiger partial charge in [-0.3, -0.25) is 9.59 Å². The Balaban J connectivity index is 1.80. The topological polar surface area (TPSA) is 114 Å². The summed E-state index contributed by atoms with van der Waals surface area (Å²) in [4.78, 5) is 24.9. The van der Waals surface area contributed by atoms with E-state index in [2.05, 4.69) is 10.4 Å². The van der Waals surface area contributed by atoms with Gasteiger partial charge in [0.05, 0.1) is 31.8 Å². The fourth-order valence-electron chi connectivity index (χ4n) is 3.30. The molecule has 0 spiro atoms. The van der Waals surface area contributed by atoms with Gasteiger partial charge in [0.25, 0.3) is 5.91 Å². The number of benzene rings is 1. The van der Waals surface area contributed by atoms with Gasteiger partial charge in [0.2, 0.25) is 5.91 Å². The number of rotatable bonds is 5. The lowest BCUT2D eigenvalue weighted by Gasteiger charge is -2.27. The molecular formula is C18H23N3O6S. The molecule has 0 bridgehead atoms. The number of ether oxygens (including phenoxy) is 2. The first-order chi connectivity index (χ1) is 13.2. The van der Waals surface area contributed by atoms with Gasteiger partial charge in [0.15, 0.2) is 21.3 Å². The molecule has 2 heterocycles. The molecule has 1 saturated heterocycles. The molecule has 1 fully saturated rings. The molecule has 9 nitrogen and oxygen atoms in total. The smallest absolute Gasteiger partial charge is 0.271 e. The minimum absolute atomic E-state index is 0.0311. The summed E-state index contributed by atoms with van der Waals surface area (Å²) in [6, 6.07) is 2.89. The summed E-state index contributed by atoms with van der Waals surface area (Å²) in [5.41, 5.74) is 1.51. The molecule has 10 heteroatoms. The Morgan fingerprint density at radius 1 is 1.21 bits per heavy atom. The van der Waals surface area contributed by atoms with Crippen molar-refractivity contribution in [3.63, 3.8) is 0 Å². The number of carbonyl (C=O) groups excluding carboxylic acids is 2. The van der Waals surface area contributed by atoms with E-state index in [0.717, 1.165) is 5.56 Å². The minimum atomic E-state index is -3.16. The zero-order chi connectivity index (χ0) is 20.5. The molecule has 1 N–H and O–H groups in total. The first-order valence-electron chi connectivity index (χ1n) is 8.88. The molecule has 1 atom stereocenters. The molecule has 0 aromatic heterocycles. The highest BCUT2D eigenvalue weighted by Crippen LogP contribution is 2.33. The molecule has 28 heavy (non-hydrogen) atoms. The summed E-state index contributed by atoms with van der Waals surface area (Å²) in [6.45, 7) is 1.82. The number of hydrogen-bond acceptors (Lipinski definition) is 7. The number of nitrogens with one attached hydrogen (secondary N) is 1. The van der Waals surface area contributed by atoms with Crippen LogP contribution in [0.3, 0.4) is 0 Å². The minimum Gasteiger partial charge on any atom is -0.493 e. The van der Waals surface area contributed by atoms with Crippen molar-refractivity contribution in [2.45, 2.75) is 32.2 Å². The maximum atomic E-state index is 12.7. The van der Waals surface area contributed by atoms with Gasteiger partial charge in [-0.25, -0.2) is 13.4 Å². The number of carbonyl (C=O) groups is 2. The molecule has 0 radical (unpaired) electrons. The van der Waals surface area contributed by atoms with Crippen LogP contribution in [-0.2, 0) is 19.4 Å². The number of amides is 2. The highest BCUT2D eigenvalue weighted by atomic mass is 32.2. The Kier molecular flexibility index (Phi) is 5.59. The van der Waals surface area contributed by atoms with Gasteiger partial charge in [0.1, 0.15) is 5.71 Å². The predicted octanol–water partition coefficient (Wildman–Crippen LogP) is 1.12. The number of aryl methyl sites for hydroxylation is 1. The third kappa shape index (κ3) is 4.11. The van der Waals surface area contributed by atoms with Crippen LogP contribution in [0.25, 0.3) is 0 Å². The summed E-state index contributed by atoms with van der Waals surface area (Å²) in [5.74, 6) is 0.235. The molecule has 1 aromatic rings. The molecule has 0 saturated carbocycles. The van der Waals surface area contributed by atoms with Gasteiger partial charge in [-0.2, -0.15) is 5.10 Å². The SMILES string of the molecule is COc1cc(C)c(NC(=O)C2=NN([C@@H]3CCS(=O)(=O)C3)C(=O)CC2)cc1OC. The van der Waals surface area contributed by atoms with Crippen LogP contribution in [0, 0.1) is 6.92 Å². The summed E-state index contributed by atoms with van der Waals surface area (Å²) in [6.07, 6.45) is 0.655. The van der Waals surface area contributed by atoms with Crippen molar-refractivity contribution in [2.24, 2.45) is 5.10 Å². The highest BCUT2D eigenvalue weighted by molar-refractivity contribution is 7.91. The average molecular weight is 409 g/mol. The van der Waals surface area contributed by atoms with Gasteiger partial charge in [0, 0.05) is 24.6 Å². The number of anilines is 1. The predicted molar refractivity (Wildman–Crippen MR) is 103 cm³/mol. The molecule has 2 amide bonds. The van der Waals surface area contributed by atoms with E-state index < -0.39 is 21.8 Å². The number of methoxy groups -OCH3 is 2. The van der Waals surface area contributed by atoms with E-state index in [-0.39, 0.29) is 36.0 Å². The highest BCUT2D eigenvalue weighted by Gasteiger charge is 2.37. The third-order valence-corrected chi connectivity index (χ3v) is 6.61. The Morgan fingerprint density at radius 2 is 1.89 bits per heavy atom. The Morgan fingerprint density at radius 3 is 2.50 bits per heavy atom. The number of nitrogens with zero attached hydrogens (tertiary/aromatic N) is 2. The van der Waals surface area contributed by atoms with Gasteiger partial charge >= 0.3 is 0 Å². The van der Waals surface area contributed by atoms with E-state index in [0.29, 0.717) is 23.6 Å². The zero-order valence-electron chi connectivity index (χ0n) is 16.0. The largest absolute Gasteiger partial charge is 0.493 e. The van der Waals surface area contributed by atoms with Crippen molar-refractivity contribution in [1.29, 1.82) is 0 Å². The zero-order valence-corrected chi connectivity index (χ0v) is 16.8. The first kappa shape index (κ1) is 20.1. The van der Waals surface area contributed by atoms with Crippen LogP contribution in [0.2, 0.25) is 0 Å². The van der Waals surface area contributed by atoms with E-state index in [9.17, 15) is 18.0 Å². The lowest BCUT2D eigenvalue weighted by atomic mass is 10.1. The van der Waals surface area contributed by atoms with Crippen LogP contribution in [0.1, 0.15) is 24.8 Å². The van der Waals surface area contributed by atoms with Gasteiger partial charge < -0.3 is 14.8 Å². The second-order valence-electron chi connectivity index (χ2n) is 6.82. The summed E-state index contributed by atoms with van der Waals surface area (Å²) in [5, 5.41) is 8.14. The molecule has 1 aromatic carbocycles. The molecule has 2 aliphatic rings. The maximum Gasteiger partial charge on any atom is 0.271 e. The van der Waals surface area contributed by atoms with Gasteiger partial charge in [-0.15, -0.1) is 0 Å². The summed E-state index contributed by atoms with van der Waals surface area (Å²) >= 11 is 0. The van der Waals surface area contributed by atoms with Crippen molar-refractivity contribution >= 4 is 33.1 Å². The van der Waals surface area contributed by atoms with Crippen molar-refractivity contribution < 1.29 is 27.5 Å².